The second-order valence-corrected chi connectivity index (χ2v) is 10.7. The maximum absolute atomic E-state index is 13.8. The number of nitrogens with one attached hydrogen (secondary N) is 1. The number of methoxy groups -OCH3 is 1. The number of carbonyl (C=O) groups is 2. The van der Waals surface area contributed by atoms with Gasteiger partial charge in [-0.05, 0) is 49.6 Å². The molecule has 0 heterocycles. The van der Waals surface area contributed by atoms with Crippen molar-refractivity contribution in [1.29, 1.82) is 0 Å². The summed E-state index contributed by atoms with van der Waals surface area (Å²) in [7, 11) is -2.62. The van der Waals surface area contributed by atoms with E-state index in [-0.39, 0.29) is 23.0 Å². The van der Waals surface area contributed by atoms with Gasteiger partial charge in [0.2, 0.25) is 11.8 Å². The number of sulfonamides is 1. The Bertz CT molecular complexity index is 1300. The summed E-state index contributed by atoms with van der Waals surface area (Å²) in [4.78, 5) is 28.2. The molecule has 0 saturated heterocycles. The first kappa shape index (κ1) is 28.7. The molecule has 3 aromatic rings. The van der Waals surface area contributed by atoms with Crippen LogP contribution in [0.4, 0.5) is 5.69 Å². The first-order valence-corrected chi connectivity index (χ1v) is 14.0. The lowest BCUT2D eigenvalue weighted by Gasteiger charge is -2.32. The molecule has 1 atom stereocenters. The molecule has 0 spiro atoms. The second-order valence-electron chi connectivity index (χ2n) is 8.82. The molecule has 0 fully saturated rings. The van der Waals surface area contributed by atoms with Crippen LogP contribution in [0.5, 0.6) is 5.75 Å². The molecule has 2 amide bonds. The number of hydrogen-bond acceptors (Lipinski definition) is 5. The first-order chi connectivity index (χ1) is 18.3. The molecule has 0 aliphatic carbocycles. The van der Waals surface area contributed by atoms with Gasteiger partial charge in [-0.25, -0.2) is 8.42 Å². The highest BCUT2D eigenvalue weighted by Gasteiger charge is 2.32. The van der Waals surface area contributed by atoms with Gasteiger partial charge in [0.1, 0.15) is 18.3 Å². The Kier molecular flexibility index (Phi) is 10.3. The third-order valence-corrected chi connectivity index (χ3v) is 7.94. The number of rotatable bonds is 13. The lowest BCUT2D eigenvalue weighted by atomic mass is 10.1. The number of anilines is 1. The van der Waals surface area contributed by atoms with Crippen LogP contribution >= 0.6 is 0 Å². The van der Waals surface area contributed by atoms with Gasteiger partial charge >= 0.3 is 0 Å². The fourth-order valence-corrected chi connectivity index (χ4v) is 5.41. The molecule has 38 heavy (non-hydrogen) atoms. The molecule has 3 aromatic carbocycles. The Labute approximate surface area is 225 Å². The van der Waals surface area contributed by atoms with Crippen LogP contribution in [0.3, 0.4) is 0 Å². The van der Waals surface area contributed by atoms with Crippen LogP contribution in [0.2, 0.25) is 0 Å². The number of carbonyl (C=O) groups excluding carboxylic acids is 2. The van der Waals surface area contributed by atoms with Crippen molar-refractivity contribution < 1.29 is 22.7 Å². The van der Waals surface area contributed by atoms with Crippen molar-refractivity contribution in [2.45, 2.75) is 37.6 Å². The molecule has 202 valence electrons. The van der Waals surface area contributed by atoms with Crippen LogP contribution in [0.25, 0.3) is 0 Å². The number of benzene rings is 3. The minimum Gasteiger partial charge on any atom is -0.497 e. The highest BCUT2D eigenvalue weighted by molar-refractivity contribution is 7.92. The van der Waals surface area contributed by atoms with Gasteiger partial charge in [-0.15, -0.1) is 0 Å². The van der Waals surface area contributed by atoms with Gasteiger partial charge in [0.25, 0.3) is 10.0 Å². The van der Waals surface area contributed by atoms with E-state index in [4.69, 9.17) is 4.74 Å². The molecule has 0 aliphatic rings. The van der Waals surface area contributed by atoms with E-state index in [1.165, 1.54) is 24.1 Å². The summed E-state index contributed by atoms with van der Waals surface area (Å²) >= 11 is 0. The standard InChI is InChI=1S/C29H35N3O5S/c1-4-19-30-29(34)23(2)31(20-18-24-12-7-5-8-13-24)28(33)22-32(25-14-11-15-26(21-25)37-3)38(35,36)27-16-9-6-10-17-27/h5-17,21,23H,4,18-20,22H2,1-3H3,(H,30,34)/t23-/m0/s1. The van der Waals surface area contributed by atoms with E-state index in [9.17, 15) is 18.0 Å². The minimum atomic E-state index is -4.11. The predicted molar refractivity (Wildman–Crippen MR) is 149 cm³/mol. The van der Waals surface area contributed by atoms with Gasteiger partial charge < -0.3 is 15.0 Å². The van der Waals surface area contributed by atoms with Gasteiger partial charge in [-0.3, -0.25) is 13.9 Å². The molecule has 0 unspecified atom stereocenters. The van der Waals surface area contributed by atoms with E-state index in [0.29, 0.717) is 18.7 Å². The molecule has 0 aromatic heterocycles. The molecule has 0 saturated carbocycles. The Morgan fingerprint density at radius 3 is 2.24 bits per heavy atom. The summed E-state index contributed by atoms with van der Waals surface area (Å²) in [5.41, 5.74) is 1.29. The van der Waals surface area contributed by atoms with Crippen LogP contribution in [-0.2, 0) is 26.0 Å². The highest BCUT2D eigenvalue weighted by atomic mass is 32.2. The molecule has 1 N–H and O–H groups in total. The summed E-state index contributed by atoms with van der Waals surface area (Å²) in [5.74, 6) is -0.314. The molecule has 0 radical (unpaired) electrons. The van der Waals surface area contributed by atoms with Crippen molar-refractivity contribution in [2.75, 3.05) is 31.0 Å². The van der Waals surface area contributed by atoms with E-state index >= 15 is 0 Å². The molecular formula is C29H35N3O5S. The maximum Gasteiger partial charge on any atom is 0.264 e. The average Bonchev–Trinajstić information content (AvgIpc) is 2.95. The van der Waals surface area contributed by atoms with Crippen molar-refractivity contribution in [1.82, 2.24) is 10.2 Å². The summed E-state index contributed by atoms with van der Waals surface area (Å²) in [6.07, 6.45) is 1.28. The summed E-state index contributed by atoms with van der Waals surface area (Å²) < 4.78 is 33.9. The Morgan fingerprint density at radius 2 is 1.61 bits per heavy atom. The number of ether oxygens (including phenoxy) is 1. The molecule has 8 nitrogen and oxygen atoms in total. The minimum absolute atomic E-state index is 0.0557. The van der Waals surface area contributed by atoms with E-state index in [1.807, 2.05) is 37.3 Å². The molecule has 0 bridgehead atoms. The summed E-state index contributed by atoms with van der Waals surface area (Å²) in [6, 6.07) is 23.4. The first-order valence-electron chi connectivity index (χ1n) is 12.6. The predicted octanol–water partition coefficient (Wildman–Crippen LogP) is 3.88. The van der Waals surface area contributed by atoms with Gasteiger partial charge in [-0.2, -0.15) is 0 Å². The summed E-state index contributed by atoms with van der Waals surface area (Å²) in [6.45, 7) is 3.87. The Balaban J connectivity index is 1.97. The van der Waals surface area contributed by atoms with Crippen molar-refractivity contribution in [2.24, 2.45) is 0 Å². The van der Waals surface area contributed by atoms with Gasteiger partial charge in [0.15, 0.2) is 0 Å². The molecule has 3 rings (SSSR count). The van der Waals surface area contributed by atoms with Crippen molar-refractivity contribution in [3.8, 4) is 5.75 Å². The zero-order valence-corrected chi connectivity index (χ0v) is 22.9. The summed E-state index contributed by atoms with van der Waals surface area (Å²) in [5, 5.41) is 2.84. The van der Waals surface area contributed by atoms with Crippen molar-refractivity contribution >= 4 is 27.5 Å². The van der Waals surface area contributed by atoms with Crippen LogP contribution in [0.15, 0.2) is 89.8 Å². The Hall–Kier alpha value is -3.85. The lowest BCUT2D eigenvalue weighted by Crippen LogP contribution is -2.52. The smallest absolute Gasteiger partial charge is 0.264 e. The van der Waals surface area contributed by atoms with E-state index < -0.39 is 28.5 Å². The van der Waals surface area contributed by atoms with E-state index in [1.54, 1.807) is 49.4 Å². The lowest BCUT2D eigenvalue weighted by molar-refractivity contribution is -0.138. The number of nitrogens with zero attached hydrogens (tertiary/aromatic N) is 2. The van der Waals surface area contributed by atoms with Crippen LogP contribution < -0.4 is 14.4 Å². The second kappa shape index (κ2) is 13.6. The SMILES string of the molecule is CCCNC(=O)[C@H](C)N(CCc1ccccc1)C(=O)CN(c1cccc(OC)c1)S(=O)(=O)c1ccccc1. The van der Waals surface area contributed by atoms with Crippen molar-refractivity contribution in [3.63, 3.8) is 0 Å². The zero-order valence-electron chi connectivity index (χ0n) is 22.0. The van der Waals surface area contributed by atoms with Crippen LogP contribution in [0, 0.1) is 0 Å². The van der Waals surface area contributed by atoms with E-state index in [2.05, 4.69) is 5.32 Å². The quantitative estimate of drug-likeness (QED) is 0.357. The van der Waals surface area contributed by atoms with Crippen molar-refractivity contribution in [3.05, 3.63) is 90.5 Å². The highest BCUT2D eigenvalue weighted by Crippen LogP contribution is 2.27. The maximum atomic E-state index is 13.8. The third kappa shape index (κ3) is 7.35. The van der Waals surface area contributed by atoms with Crippen LogP contribution in [0.1, 0.15) is 25.8 Å². The Morgan fingerprint density at radius 1 is 0.947 bits per heavy atom. The van der Waals surface area contributed by atoms with Gasteiger partial charge in [0.05, 0.1) is 17.7 Å². The third-order valence-electron chi connectivity index (χ3n) is 6.15. The fourth-order valence-electron chi connectivity index (χ4n) is 3.98. The largest absolute Gasteiger partial charge is 0.497 e. The number of hydrogen-bond donors (Lipinski definition) is 1. The topological polar surface area (TPSA) is 96.0 Å². The molecular weight excluding hydrogens is 502 g/mol. The van der Waals surface area contributed by atoms with E-state index in [0.717, 1.165) is 16.3 Å². The normalized spacial score (nSPS) is 11.9. The van der Waals surface area contributed by atoms with Crippen LogP contribution in [-0.4, -0.2) is 57.9 Å². The fraction of sp³-hybridized carbons (Fsp3) is 0.310. The molecule has 9 heteroatoms. The number of amides is 2. The average molecular weight is 538 g/mol. The van der Waals surface area contributed by atoms with Gasteiger partial charge in [-0.1, -0.05) is 61.5 Å². The molecule has 0 aliphatic heterocycles. The van der Waals surface area contributed by atoms with Gasteiger partial charge in [0, 0.05) is 19.2 Å². The monoisotopic (exact) mass is 537 g/mol. The zero-order chi connectivity index (χ0) is 27.5.